The van der Waals surface area contributed by atoms with E-state index < -0.39 is 36.6 Å². The molecule has 0 saturated heterocycles. The van der Waals surface area contributed by atoms with Gasteiger partial charge < -0.3 is 9.84 Å². The first-order valence-corrected chi connectivity index (χ1v) is 5.63. The van der Waals surface area contributed by atoms with Gasteiger partial charge in [-0.2, -0.15) is 0 Å². The number of rotatable bonds is 4. The minimum absolute atomic E-state index is 0.113. The Bertz CT molecular complexity index is 491. The zero-order valence-corrected chi connectivity index (χ0v) is 11.0. The van der Waals surface area contributed by atoms with Crippen LogP contribution in [0, 0.1) is 3.70 Å². The van der Waals surface area contributed by atoms with E-state index >= 15 is 0 Å². The van der Waals surface area contributed by atoms with Gasteiger partial charge in [0.1, 0.15) is 3.70 Å². The predicted octanol–water partition coefficient (Wildman–Crippen LogP) is 3.15. The molecule has 0 aliphatic carbocycles. The number of hydrogen-bond donors (Lipinski definition) is 1. The monoisotopic (exact) mass is 397 g/mol. The number of hydrogen-bond acceptors (Lipinski definition) is 3. The molecule has 10 heteroatoms. The molecule has 0 spiro atoms. The summed E-state index contributed by atoms with van der Waals surface area (Å²) in [6.07, 6.45) is -9.06. The topological polar surface area (TPSA) is 59.4 Å². The van der Waals surface area contributed by atoms with Crippen molar-refractivity contribution in [2.75, 3.05) is 0 Å². The molecule has 4 nitrogen and oxygen atoms in total. The largest absolute Gasteiger partial charge is 0.574 e. The smallest absolute Gasteiger partial charge is 0.481 e. The lowest BCUT2D eigenvalue weighted by molar-refractivity contribution is -0.276. The van der Waals surface area contributed by atoms with Crippen LogP contribution in [0.25, 0.3) is 0 Å². The van der Waals surface area contributed by atoms with E-state index in [-0.39, 0.29) is 9.26 Å². The van der Waals surface area contributed by atoms with Gasteiger partial charge in [-0.25, -0.2) is 13.8 Å². The summed E-state index contributed by atoms with van der Waals surface area (Å²) in [6.45, 7) is 0. The highest BCUT2D eigenvalue weighted by Crippen LogP contribution is 2.33. The molecule has 0 saturated carbocycles. The molecule has 1 heterocycles. The quantitative estimate of drug-likeness (QED) is 0.482. The van der Waals surface area contributed by atoms with E-state index in [4.69, 9.17) is 5.11 Å². The second kappa shape index (κ2) is 5.84. The van der Waals surface area contributed by atoms with Crippen molar-refractivity contribution in [3.63, 3.8) is 0 Å². The highest BCUT2D eigenvalue weighted by atomic mass is 127. The maximum absolute atomic E-state index is 12.6. The fourth-order valence-corrected chi connectivity index (χ4v) is 1.73. The maximum atomic E-state index is 12.6. The van der Waals surface area contributed by atoms with Crippen molar-refractivity contribution in [3.05, 3.63) is 20.9 Å². The van der Waals surface area contributed by atoms with Crippen LogP contribution in [0.15, 0.2) is 6.07 Å². The minimum Gasteiger partial charge on any atom is -0.481 e. The average molecular weight is 397 g/mol. The summed E-state index contributed by atoms with van der Waals surface area (Å²) in [5.41, 5.74) is -1.22. The van der Waals surface area contributed by atoms with Crippen molar-refractivity contribution in [3.8, 4) is 5.88 Å². The van der Waals surface area contributed by atoms with E-state index in [9.17, 15) is 26.7 Å². The number of nitrogens with zero attached hydrogens (tertiary/aromatic N) is 1. The zero-order chi connectivity index (χ0) is 14.8. The van der Waals surface area contributed by atoms with Crippen molar-refractivity contribution < 1.29 is 36.6 Å². The Hall–Kier alpha value is -1.20. The molecule has 19 heavy (non-hydrogen) atoms. The normalized spacial score (nSPS) is 11.7. The fraction of sp³-hybridized carbons (Fsp3) is 0.333. The van der Waals surface area contributed by atoms with E-state index in [0.29, 0.717) is 6.07 Å². The van der Waals surface area contributed by atoms with Gasteiger partial charge in [0.2, 0.25) is 5.88 Å². The first kappa shape index (κ1) is 15.9. The number of pyridine rings is 1. The zero-order valence-electron chi connectivity index (χ0n) is 8.84. The van der Waals surface area contributed by atoms with Crippen LogP contribution < -0.4 is 4.74 Å². The van der Waals surface area contributed by atoms with Crippen LogP contribution >= 0.6 is 22.6 Å². The molecule has 1 rings (SSSR count). The molecule has 1 aromatic rings. The molecule has 0 unspecified atom stereocenters. The van der Waals surface area contributed by atoms with E-state index in [2.05, 4.69) is 9.72 Å². The van der Waals surface area contributed by atoms with Gasteiger partial charge in [-0.1, -0.05) is 0 Å². The highest BCUT2D eigenvalue weighted by molar-refractivity contribution is 14.1. The number of aliphatic carboxylic acids is 1. The van der Waals surface area contributed by atoms with Gasteiger partial charge in [-0.3, -0.25) is 4.79 Å². The van der Waals surface area contributed by atoms with Gasteiger partial charge in [0.25, 0.3) is 6.43 Å². The number of aromatic nitrogens is 1. The Morgan fingerprint density at radius 2 is 2.05 bits per heavy atom. The number of halogens is 6. The summed E-state index contributed by atoms with van der Waals surface area (Å²) in [4.78, 5) is 13.7. The van der Waals surface area contributed by atoms with E-state index in [1.165, 1.54) is 22.6 Å². The van der Waals surface area contributed by atoms with Gasteiger partial charge in [0.05, 0.1) is 12.0 Å². The Balaban J connectivity index is 3.25. The third-order valence-electron chi connectivity index (χ3n) is 1.83. The molecular weight excluding hydrogens is 392 g/mol. The summed E-state index contributed by atoms with van der Waals surface area (Å²) in [5.74, 6) is -2.59. The number of carboxylic acids is 1. The Morgan fingerprint density at radius 1 is 1.47 bits per heavy atom. The summed E-state index contributed by atoms with van der Waals surface area (Å²) < 4.78 is 64.5. The standard InChI is InChI=1S/C9H5F5INO3/c10-6(11)4-1-3(2-5(17)18)7(15)16-8(4)19-9(12,13)14/h1,6H,2H2,(H,17,18). The van der Waals surface area contributed by atoms with Gasteiger partial charge >= 0.3 is 12.3 Å². The van der Waals surface area contributed by atoms with Crippen molar-refractivity contribution in [1.29, 1.82) is 0 Å². The van der Waals surface area contributed by atoms with Crippen molar-refractivity contribution in [1.82, 2.24) is 4.98 Å². The molecule has 0 bridgehead atoms. The first-order chi connectivity index (χ1) is 8.60. The van der Waals surface area contributed by atoms with Crippen molar-refractivity contribution in [2.24, 2.45) is 0 Å². The van der Waals surface area contributed by atoms with Gasteiger partial charge in [-0.15, -0.1) is 13.2 Å². The van der Waals surface area contributed by atoms with E-state index in [1.54, 1.807) is 0 Å². The lowest BCUT2D eigenvalue weighted by Crippen LogP contribution is -2.20. The molecule has 106 valence electrons. The minimum atomic E-state index is -5.16. The van der Waals surface area contributed by atoms with Crippen LogP contribution in [0.1, 0.15) is 17.6 Å². The molecule has 0 aliphatic heterocycles. The number of carboxylic acid groups (broad SMARTS) is 1. The predicted molar refractivity (Wildman–Crippen MR) is 59.9 cm³/mol. The number of alkyl halides is 5. The Labute approximate surface area is 116 Å². The third kappa shape index (κ3) is 4.76. The lowest BCUT2D eigenvalue weighted by Gasteiger charge is -2.13. The van der Waals surface area contributed by atoms with Gasteiger partial charge in [0.15, 0.2) is 0 Å². The molecule has 0 aromatic carbocycles. The van der Waals surface area contributed by atoms with Crippen molar-refractivity contribution in [2.45, 2.75) is 19.2 Å². The van der Waals surface area contributed by atoms with Crippen LogP contribution in [0.3, 0.4) is 0 Å². The van der Waals surface area contributed by atoms with Crippen LogP contribution in [0.4, 0.5) is 22.0 Å². The Kier molecular flexibility index (Phi) is 4.87. The molecule has 0 radical (unpaired) electrons. The second-order valence-electron chi connectivity index (χ2n) is 3.25. The number of carbonyl (C=O) groups is 1. The molecule has 0 fully saturated rings. The third-order valence-corrected chi connectivity index (χ3v) is 2.76. The number of ether oxygens (including phenoxy) is 1. The second-order valence-corrected chi connectivity index (χ2v) is 4.27. The molecule has 0 amide bonds. The summed E-state index contributed by atoms with van der Waals surface area (Å²) >= 11 is 1.44. The van der Waals surface area contributed by atoms with Crippen LogP contribution in [-0.4, -0.2) is 22.4 Å². The van der Waals surface area contributed by atoms with Crippen LogP contribution in [0.5, 0.6) is 5.88 Å². The van der Waals surface area contributed by atoms with E-state index in [1.807, 2.05) is 0 Å². The lowest BCUT2D eigenvalue weighted by atomic mass is 10.1. The molecule has 1 N–H and O–H groups in total. The average Bonchev–Trinajstić information content (AvgIpc) is 2.18. The van der Waals surface area contributed by atoms with Gasteiger partial charge in [-0.05, 0) is 34.2 Å². The molecule has 0 atom stereocenters. The Morgan fingerprint density at radius 3 is 2.47 bits per heavy atom. The SMILES string of the molecule is O=C(O)Cc1cc(C(F)F)c(OC(F)(F)F)nc1I. The molecular formula is C9H5F5INO3. The van der Waals surface area contributed by atoms with Crippen molar-refractivity contribution >= 4 is 28.6 Å². The van der Waals surface area contributed by atoms with E-state index in [0.717, 1.165) is 0 Å². The van der Waals surface area contributed by atoms with Gasteiger partial charge in [0, 0.05) is 0 Å². The summed E-state index contributed by atoms with van der Waals surface area (Å²) in [6, 6.07) is 0.647. The molecule has 0 aliphatic rings. The highest BCUT2D eigenvalue weighted by Gasteiger charge is 2.34. The molecule has 1 aromatic heterocycles. The fourth-order valence-electron chi connectivity index (χ4n) is 1.17. The maximum Gasteiger partial charge on any atom is 0.574 e. The first-order valence-electron chi connectivity index (χ1n) is 4.55. The summed E-state index contributed by atoms with van der Waals surface area (Å²) in [7, 11) is 0. The van der Waals surface area contributed by atoms with Crippen LogP contribution in [0.2, 0.25) is 0 Å². The summed E-state index contributed by atoms with van der Waals surface area (Å²) in [5, 5.41) is 8.55. The van der Waals surface area contributed by atoms with Crippen LogP contribution in [-0.2, 0) is 11.2 Å².